The lowest BCUT2D eigenvalue weighted by Gasteiger charge is -2.19. The van der Waals surface area contributed by atoms with E-state index in [9.17, 15) is 19.2 Å². The molecule has 3 N–H and O–H groups in total. The fourth-order valence-corrected chi connectivity index (χ4v) is 7.95. The molecule has 2 aliphatic rings. The molecule has 0 spiro atoms. The van der Waals surface area contributed by atoms with E-state index >= 15 is 0 Å². The highest BCUT2D eigenvalue weighted by Crippen LogP contribution is 2.38. The maximum absolute atomic E-state index is 13.1. The SMILES string of the molecule is Cc1ccccc1N.Cc1ccccc1Nc1cc2c(c3nsnc13)C(=O)c1ccccc1C2=O.O=C1c2ccccc2C(=O)c2c1cc(Cl)c1nsnc21. The molecule has 55 heavy (non-hydrogen) atoms. The summed E-state index contributed by atoms with van der Waals surface area (Å²) in [5, 5.41) is 3.69. The third-order valence-electron chi connectivity index (χ3n) is 9.41. The van der Waals surface area contributed by atoms with Gasteiger partial charge in [-0.2, -0.15) is 17.5 Å². The van der Waals surface area contributed by atoms with Gasteiger partial charge in [0.1, 0.15) is 22.1 Å². The fourth-order valence-electron chi connectivity index (χ4n) is 6.52. The van der Waals surface area contributed by atoms with Gasteiger partial charge in [0, 0.05) is 44.8 Å². The number of rotatable bonds is 2. The lowest BCUT2D eigenvalue weighted by molar-refractivity contribution is 0.0980. The van der Waals surface area contributed by atoms with Gasteiger partial charge >= 0.3 is 0 Å². The summed E-state index contributed by atoms with van der Waals surface area (Å²) >= 11 is 8.13. The molecule has 0 saturated carbocycles. The minimum absolute atomic E-state index is 0.164. The molecule has 2 heterocycles. The van der Waals surface area contributed by atoms with Crippen LogP contribution < -0.4 is 11.1 Å². The Morgan fingerprint density at radius 1 is 0.491 bits per heavy atom. The van der Waals surface area contributed by atoms with E-state index in [-0.39, 0.29) is 23.1 Å². The molecule has 0 radical (unpaired) electrons. The zero-order chi connectivity index (χ0) is 38.4. The molecule has 0 aliphatic heterocycles. The van der Waals surface area contributed by atoms with E-state index < -0.39 is 0 Å². The third-order valence-corrected chi connectivity index (χ3v) is 10.8. The maximum atomic E-state index is 13.1. The molecule has 13 heteroatoms. The number of anilines is 3. The molecule has 2 aliphatic carbocycles. The van der Waals surface area contributed by atoms with Crippen molar-refractivity contribution in [3.8, 4) is 0 Å². The molecule has 0 atom stereocenters. The van der Waals surface area contributed by atoms with Gasteiger partial charge in [-0.05, 0) is 49.2 Å². The molecule has 268 valence electrons. The van der Waals surface area contributed by atoms with E-state index in [4.69, 9.17) is 17.3 Å². The van der Waals surface area contributed by atoms with Crippen LogP contribution in [0.4, 0.5) is 17.1 Å². The molecule has 10 nitrogen and oxygen atoms in total. The summed E-state index contributed by atoms with van der Waals surface area (Å²) in [7, 11) is 0. The van der Waals surface area contributed by atoms with Crippen LogP contribution in [0.3, 0.4) is 0 Å². The summed E-state index contributed by atoms with van der Waals surface area (Å²) < 4.78 is 16.9. The molecular weight excluding hydrogens is 752 g/mol. The van der Waals surface area contributed by atoms with E-state index in [2.05, 4.69) is 22.8 Å². The average Bonchev–Trinajstić information content (AvgIpc) is 3.90. The summed E-state index contributed by atoms with van der Waals surface area (Å²) in [6.07, 6.45) is 0. The molecule has 0 amide bonds. The summed E-state index contributed by atoms with van der Waals surface area (Å²) in [5.41, 5.74) is 15.1. The van der Waals surface area contributed by atoms with Gasteiger partial charge < -0.3 is 11.1 Å². The smallest absolute Gasteiger partial charge is 0.196 e. The number of nitrogens with one attached hydrogen (secondary N) is 1. The van der Waals surface area contributed by atoms with Gasteiger partial charge in [0.25, 0.3) is 0 Å². The van der Waals surface area contributed by atoms with Crippen molar-refractivity contribution >= 4 is 97.3 Å². The quantitative estimate of drug-likeness (QED) is 0.162. The summed E-state index contributed by atoms with van der Waals surface area (Å²) in [6.45, 7) is 4.00. The number of fused-ring (bicyclic) bond motifs is 8. The maximum Gasteiger partial charge on any atom is 0.196 e. The van der Waals surface area contributed by atoms with Crippen LogP contribution in [0.25, 0.3) is 22.1 Å². The van der Waals surface area contributed by atoms with Gasteiger partial charge in [-0.1, -0.05) is 96.5 Å². The van der Waals surface area contributed by atoms with Crippen LogP contribution in [0.5, 0.6) is 0 Å². The Bertz CT molecular complexity index is 2880. The zero-order valence-corrected chi connectivity index (χ0v) is 31.5. The molecule has 6 aromatic carbocycles. The predicted molar refractivity (Wildman–Crippen MR) is 217 cm³/mol. The van der Waals surface area contributed by atoms with E-state index in [0.29, 0.717) is 77.3 Å². The highest BCUT2D eigenvalue weighted by molar-refractivity contribution is 7.00. The summed E-state index contributed by atoms with van der Waals surface area (Å²) in [6, 6.07) is 32.6. The Labute approximate surface area is 327 Å². The monoisotopic (exact) mass is 778 g/mol. The van der Waals surface area contributed by atoms with Crippen LogP contribution in [0.15, 0.2) is 109 Å². The van der Waals surface area contributed by atoms with Crippen LogP contribution in [0.1, 0.15) is 74.8 Å². The second-order valence-corrected chi connectivity index (χ2v) is 14.2. The largest absolute Gasteiger partial charge is 0.399 e. The number of nitrogens with two attached hydrogens (primary N) is 1. The van der Waals surface area contributed by atoms with Crippen LogP contribution in [0, 0.1) is 13.8 Å². The summed E-state index contributed by atoms with van der Waals surface area (Å²) in [5.74, 6) is -0.750. The van der Waals surface area contributed by atoms with E-state index in [1.807, 2.05) is 62.4 Å². The highest BCUT2D eigenvalue weighted by atomic mass is 35.5. The van der Waals surface area contributed by atoms with Crippen molar-refractivity contribution in [2.45, 2.75) is 13.8 Å². The predicted octanol–water partition coefficient (Wildman–Crippen LogP) is 9.22. The second-order valence-electron chi connectivity index (χ2n) is 12.8. The number of benzene rings is 6. The van der Waals surface area contributed by atoms with Gasteiger partial charge in [-0.25, -0.2) is 0 Å². The Morgan fingerprint density at radius 2 is 0.927 bits per heavy atom. The Hall–Kier alpha value is -6.47. The van der Waals surface area contributed by atoms with Crippen LogP contribution in [-0.4, -0.2) is 40.6 Å². The Morgan fingerprint density at radius 3 is 1.45 bits per heavy atom. The normalized spacial score (nSPS) is 12.5. The molecule has 10 rings (SSSR count). The lowest BCUT2D eigenvalue weighted by Crippen LogP contribution is -2.21. The number of hydrogen-bond acceptors (Lipinski definition) is 12. The van der Waals surface area contributed by atoms with Crippen LogP contribution >= 0.6 is 35.1 Å². The summed E-state index contributed by atoms with van der Waals surface area (Å²) in [4.78, 5) is 51.3. The third kappa shape index (κ3) is 6.25. The number of aryl methyl sites for hydroxylation is 2. The molecule has 0 unspecified atom stereocenters. The van der Waals surface area contributed by atoms with Gasteiger partial charge in [0.05, 0.1) is 45.3 Å². The number of nitrogens with zero attached hydrogens (tertiary/aromatic N) is 4. The van der Waals surface area contributed by atoms with Crippen LogP contribution in [0.2, 0.25) is 5.02 Å². The van der Waals surface area contributed by atoms with Crippen molar-refractivity contribution in [3.63, 3.8) is 0 Å². The van der Waals surface area contributed by atoms with Gasteiger partial charge in [-0.15, -0.1) is 0 Å². The van der Waals surface area contributed by atoms with Crippen molar-refractivity contribution in [2.75, 3.05) is 11.1 Å². The van der Waals surface area contributed by atoms with Crippen molar-refractivity contribution < 1.29 is 19.2 Å². The molecule has 0 saturated heterocycles. The first kappa shape index (κ1) is 35.6. The number of para-hydroxylation sites is 2. The van der Waals surface area contributed by atoms with Gasteiger partial charge in [-0.3, -0.25) is 19.2 Å². The standard InChI is InChI=1S/C21H13N3O2S.C14H5ClN2O2S.C7H9N/c1-11-6-2-5-9-15(11)22-16-10-14-17(19-18(16)23-27-24-19)21(26)13-8-4-3-7-12(13)20(14)25;15-9-5-8-10(12-11(9)16-20-17-12)14(19)7-4-2-1-3-6(7)13(8)18;1-6-4-2-3-5-7(6)8/h2-10,22H,1H3;1-5H;2-5H,8H2,1H3. The second kappa shape index (κ2) is 14.4. The van der Waals surface area contributed by atoms with Crippen molar-refractivity contribution in [1.29, 1.82) is 0 Å². The molecular formula is C42H27ClN6O4S2. The van der Waals surface area contributed by atoms with Crippen molar-refractivity contribution in [3.05, 3.63) is 170 Å². The molecule has 8 aromatic rings. The lowest BCUT2D eigenvalue weighted by atomic mass is 9.83. The number of carbonyl (C=O) groups excluding carboxylic acids is 4. The number of hydrogen-bond donors (Lipinski definition) is 2. The first-order valence-corrected chi connectivity index (χ1v) is 18.7. The van der Waals surface area contributed by atoms with Crippen LogP contribution in [-0.2, 0) is 0 Å². The van der Waals surface area contributed by atoms with E-state index in [0.717, 1.165) is 46.0 Å². The van der Waals surface area contributed by atoms with E-state index in [1.54, 1.807) is 54.6 Å². The van der Waals surface area contributed by atoms with Gasteiger partial charge in [0.15, 0.2) is 23.1 Å². The number of halogens is 1. The Kier molecular flexibility index (Phi) is 9.31. The highest BCUT2D eigenvalue weighted by Gasteiger charge is 2.34. The number of carbonyl (C=O) groups is 4. The minimum Gasteiger partial charge on any atom is -0.399 e. The average molecular weight is 779 g/mol. The molecule has 0 fully saturated rings. The number of ketones is 4. The minimum atomic E-state index is -0.204. The first-order valence-electron chi connectivity index (χ1n) is 16.9. The Balaban J connectivity index is 0.000000133. The first-order chi connectivity index (χ1) is 26.6. The molecule has 0 bridgehead atoms. The topological polar surface area (TPSA) is 158 Å². The zero-order valence-electron chi connectivity index (χ0n) is 29.1. The fraction of sp³-hybridized carbons (Fsp3) is 0.0476. The van der Waals surface area contributed by atoms with Gasteiger partial charge in [0.2, 0.25) is 0 Å². The number of nitrogen functional groups attached to an aromatic ring is 1. The number of aromatic nitrogens is 4. The van der Waals surface area contributed by atoms with Crippen molar-refractivity contribution in [2.24, 2.45) is 0 Å². The molecule has 2 aromatic heterocycles. The van der Waals surface area contributed by atoms with Crippen molar-refractivity contribution in [1.82, 2.24) is 17.5 Å². The van der Waals surface area contributed by atoms with E-state index in [1.165, 1.54) is 6.07 Å².